The van der Waals surface area contributed by atoms with Crippen molar-refractivity contribution in [3.63, 3.8) is 0 Å². The van der Waals surface area contributed by atoms with Gasteiger partial charge >= 0.3 is 0 Å². The Hall–Kier alpha value is -2.90. The Bertz CT molecular complexity index is 862. The summed E-state index contributed by atoms with van der Waals surface area (Å²) in [5, 5.41) is 2.98. The average molecular weight is 438 g/mol. The zero-order valence-electron chi connectivity index (χ0n) is 19.5. The molecule has 1 N–H and O–H groups in total. The number of anilines is 1. The van der Waals surface area contributed by atoms with E-state index in [1.807, 2.05) is 51.5 Å². The highest BCUT2D eigenvalue weighted by Gasteiger charge is 2.21. The fraction of sp³-hybridized carbons (Fsp3) is 0.440. The number of rotatable bonds is 9. The highest BCUT2D eigenvalue weighted by molar-refractivity contribution is 5.78. The molecule has 1 saturated heterocycles. The Balaban J connectivity index is 1.35. The number of piperazine rings is 1. The number of carbonyl (C=O) groups is 2. The number of likely N-dealkylation sites (N-methyl/N-ethyl adjacent to an activating group) is 1. The van der Waals surface area contributed by atoms with Gasteiger partial charge in [0.2, 0.25) is 11.8 Å². The smallest absolute Gasteiger partial charge is 0.236 e. The van der Waals surface area contributed by atoms with Crippen molar-refractivity contribution in [3.8, 4) is 0 Å². The largest absolute Gasteiger partial charge is 0.378 e. The third-order valence-corrected chi connectivity index (χ3v) is 5.82. The summed E-state index contributed by atoms with van der Waals surface area (Å²) < 4.78 is 0. The molecule has 3 rings (SSSR count). The van der Waals surface area contributed by atoms with E-state index in [1.165, 1.54) is 0 Å². The zero-order chi connectivity index (χ0) is 22.9. The predicted molar refractivity (Wildman–Crippen MR) is 128 cm³/mol. The number of hydrogen-bond donors (Lipinski definition) is 1. The van der Waals surface area contributed by atoms with E-state index in [-0.39, 0.29) is 11.8 Å². The first-order chi connectivity index (χ1) is 15.4. The van der Waals surface area contributed by atoms with Crippen LogP contribution >= 0.6 is 0 Å². The van der Waals surface area contributed by atoms with Crippen molar-refractivity contribution in [1.82, 2.24) is 20.0 Å². The van der Waals surface area contributed by atoms with Gasteiger partial charge in [-0.25, -0.2) is 0 Å². The molecule has 7 heteroatoms. The lowest BCUT2D eigenvalue weighted by atomic mass is 10.2. The molecule has 1 heterocycles. The van der Waals surface area contributed by atoms with Crippen LogP contribution in [0.3, 0.4) is 0 Å². The summed E-state index contributed by atoms with van der Waals surface area (Å²) >= 11 is 0. The molecule has 2 aromatic carbocycles. The molecule has 32 heavy (non-hydrogen) atoms. The summed E-state index contributed by atoms with van der Waals surface area (Å²) in [4.78, 5) is 33.1. The Labute approximate surface area is 191 Å². The fourth-order valence-corrected chi connectivity index (χ4v) is 3.73. The quantitative estimate of drug-likeness (QED) is 0.647. The molecule has 2 aromatic rings. The third-order valence-electron chi connectivity index (χ3n) is 5.82. The zero-order valence-corrected chi connectivity index (χ0v) is 19.5. The van der Waals surface area contributed by atoms with Gasteiger partial charge in [0, 0.05) is 66.1 Å². The number of amides is 2. The van der Waals surface area contributed by atoms with E-state index in [2.05, 4.69) is 44.3 Å². The van der Waals surface area contributed by atoms with Crippen molar-refractivity contribution in [1.29, 1.82) is 0 Å². The molecule has 0 bridgehead atoms. The van der Waals surface area contributed by atoms with Crippen LogP contribution in [0.1, 0.15) is 11.1 Å². The van der Waals surface area contributed by atoms with Crippen LogP contribution in [-0.2, 0) is 22.7 Å². The van der Waals surface area contributed by atoms with Crippen molar-refractivity contribution in [3.05, 3.63) is 65.7 Å². The van der Waals surface area contributed by atoms with E-state index in [0.717, 1.165) is 43.0 Å². The van der Waals surface area contributed by atoms with Gasteiger partial charge in [-0.15, -0.1) is 0 Å². The Kier molecular flexibility index (Phi) is 8.64. The van der Waals surface area contributed by atoms with Crippen molar-refractivity contribution in [2.45, 2.75) is 13.1 Å². The highest BCUT2D eigenvalue weighted by atomic mass is 16.2. The molecular weight excluding hydrogens is 402 g/mol. The van der Waals surface area contributed by atoms with Crippen molar-refractivity contribution in [2.75, 3.05) is 65.3 Å². The van der Waals surface area contributed by atoms with Gasteiger partial charge in [0.05, 0.1) is 13.1 Å². The minimum absolute atomic E-state index is 0.0402. The van der Waals surface area contributed by atoms with Crippen LogP contribution in [0.5, 0.6) is 0 Å². The van der Waals surface area contributed by atoms with Crippen molar-refractivity contribution >= 4 is 17.5 Å². The minimum Gasteiger partial charge on any atom is -0.378 e. The van der Waals surface area contributed by atoms with Gasteiger partial charge in [-0.3, -0.25) is 19.4 Å². The summed E-state index contributed by atoms with van der Waals surface area (Å²) in [6.45, 7) is 5.15. The van der Waals surface area contributed by atoms with Crippen molar-refractivity contribution in [2.24, 2.45) is 0 Å². The molecule has 0 aromatic heterocycles. The van der Waals surface area contributed by atoms with Crippen LogP contribution in [0, 0.1) is 0 Å². The molecule has 0 spiro atoms. The lowest BCUT2D eigenvalue weighted by Crippen LogP contribution is -2.51. The molecular formula is C25H35N5O2. The van der Waals surface area contributed by atoms with Gasteiger partial charge in [0.15, 0.2) is 0 Å². The van der Waals surface area contributed by atoms with Crippen LogP contribution in [0.2, 0.25) is 0 Å². The van der Waals surface area contributed by atoms with E-state index >= 15 is 0 Å². The van der Waals surface area contributed by atoms with Crippen LogP contribution in [-0.4, -0.2) is 86.9 Å². The highest BCUT2D eigenvalue weighted by Crippen LogP contribution is 2.13. The molecule has 0 saturated carbocycles. The molecule has 0 unspecified atom stereocenters. The summed E-state index contributed by atoms with van der Waals surface area (Å²) in [5.41, 5.74) is 3.37. The second-order valence-electron chi connectivity index (χ2n) is 8.63. The van der Waals surface area contributed by atoms with Gasteiger partial charge in [0.25, 0.3) is 0 Å². The van der Waals surface area contributed by atoms with Crippen LogP contribution < -0.4 is 10.2 Å². The monoisotopic (exact) mass is 437 g/mol. The standard InChI is InChI=1S/C25H35N5O2/c1-27(2)23-11-9-22(10-12-23)18-28(3)25(32)20-30-15-13-29(14-16-30)19-24(31)26-17-21-7-5-4-6-8-21/h4-12H,13-20H2,1-3H3,(H,26,31). The van der Waals surface area contributed by atoms with Crippen LogP contribution in [0.4, 0.5) is 5.69 Å². The van der Waals surface area contributed by atoms with Crippen LogP contribution in [0.15, 0.2) is 54.6 Å². The van der Waals surface area contributed by atoms with E-state index in [4.69, 9.17) is 0 Å². The van der Waals surface area contributed by atoms with E-state index in [1.54, 1.807) is 4.90 Å². The van der Waals surface area contributed by atoms with Gasteiger partial charge in [-0.2, -0.15) is 0 Å². The Morgan fingerprint density at radius 3 is 2.00 bits per heavy atom. The maximum atomic E-state index is 12.7. The van der Waals surface area contributed by atoms with E-state index in [0.29, 0.717) is 26.2 Å². The SMILES string of the molecule is CN(Cc1ccc(N(C)C)cc1)C(=O)CN1CCN(CC(=O)NCc2ccccc2)CC1. The van der Waals surface area contributed by atoms with Gasteiger partial charge < -0.3 is 15.1 Å². The maximum Gasteiger partial charge on any atom is 0.236 e. The first-order valence-electron chi connectivity index (χ1n) is 11.2. The number of hydrogen-bond acceptors (Lipinski definition) is 5. The average Bonchev–Trinajstić information content (AvgIpc) is 2.80. The third kappa shape index (κ3) is 7.35. The Morgan fingerprint density at radius 2 is 1.41 bits per heavy atom. The molecule has 7 nitrogen and oxygen atoms in total. The fourth-order valence-electron chi connectivity index (χ4n) is 3.73. The maximum absolute atomic E-state index is 12.7. The number of carbonyl (C=O) groups excluding carboxylic acids is 2. The second-order valence-corrected chi connectivity index (χ2v) is 8.63. The molecule has 1 aliphatic heterocycles. The molecule has 0 aliphatic carbocycles. The summed E-state index contributed by atoms with van der Waals surface area (Å²) in [5.74, 6) is 0.161. The van der Waals surface area contributed by atoms with Gasteiger partial charge in [-0.1, -0.05) is 42.5 Å². The van der Waals surface area contributed by atoms with Gasteiger partial charge in [-0.05, 0) is 23.3 Å². The second kappa shape index (κ2) is 11.6. The normalized spacial score (nSPS) is 14.7. The predicted octanol–water partition coefficient (Wildman–Crippen LogP) is 1.65. The number of benzene rings is 2. The lowest BCUT2D eigenvalue weighted by Gasteiger charge is -2.34. The molecule has 2 amide bonds. The minimum atomic E-state index is 0.0402. The topological polar surface area (TPSA) is 59.1 Å². The number of nitrogens with one attached hydrogen (secondary N) is 1. The van der Waals surface area contributed by atoms with Gasteiger partial charge in [0.1, 0.15) is 0 Å². The summed E-state index contributed by atoms with van der Waals surface area (Å²) in [7, 11) is 5.89. The lowest BCUT2D eigenvalue weighted by molar-refractivity contribution is -0.132. The van der Waals surface area contributed by atoms with E-state index in [9.17, 15) is 9.59 Å². The van der Waals surface area contributed by atoms with Crippen molar-refractivity contribution < 1.29 is 9.59 Å². The number of nitrogens with zero attached hydrogens (tertiary/aromatic N) is 4. The molecule has 172 valence electrons. The molecule has 0 atom stereocenters. The summed E-state index contributed by atoms with van der Waals surface area (Å²) in [6, 6.07) is 18.2. The first-order valence-corrected chi connectivity index (χ1v) is 11.2. The Morgan fingerprint density at radius 1 is 0.812 bits per heavy atom. The molecule has 0 radical (unpaired) electrons. The van der Waals surface area contributed by atoms with E-state index < -0.39 is 0 Å². The molecule has 1 aliphatic rings. The molecule has 1 fully saturated rings. The first kappa shape index (κ1) is 23.8. The summed E-state index contributed by atoms with van der Waals surface area (Å²) in [6.07, 6.45) is 0. The van der Waals surface area contributed by atoms with Crippen LogP contribution in [0.25, 0.3) is 0 Å².